The van der Waals surface area contributed by atoms with Crippen LogP contribution in [-0.4, -0.2) is 72.4 Å². The van der Waals surface area contributed by atoms with Gasteiger partial charge in [0.15, 0.2) is 0 Å². The van der Waals surface area contributed by atoms with Gasteiger partial charge in [-0.05, 0) is 69.5 Å². The molecule has 6 rings (SSSR count). The van der Waals surface area contributed by atoms with Gasteiger partial charge >= 0.3 is 0 Å². The molecule has 0 fully saturated rings. The first-order chi connectivity index (χ1) is 25.2. The Morgan fingerprint density at radius 3 is 1.25 bits per heavy atom. The highest BCUT2D eigenvalue weighted by atomic mass is 16.6. The Morgan fingerprint density at radius 1 is 0.510 bits per heavy atom. The number of benzene rings is 4. The summed E-state index contributed by atoms with van der Waals surface area (Å²) in [7, 11) is 0. The zero-order valence-electron chi connectivity index (χ0n) is 30.0. The standard InChI is InChI=1S/C43H50O8/c1-3-14-48-40-32-8-5-9-33(40)27-35-11-7-13-37-29-39-25-31(30-44)24-38(43(39)49-15-4-2)28-36-12-6-10-34(26-32)41(36)50-22-20-46-18-16-45-17-19-47-21-23-51-42(35)37/h5-13,24-25,30H,3-4,14-23,26-29H2,1-2H3. The highest BCUT2D eigenvalue weighted by Crippen LogP contribution is 2.39. The molecule has 0 radical (unpaired) electrons. The molecule has 0 aromatic heterocycles. The summed E-state index contributed by atoms with van der Waals surface area (Å²) in [4.78, 5) is 12.4. The molecule has 0 spiro atoms. The van der Waals surface area contributed by atoms with E-state index >= 15 is 0 Å². The largest absolute Gasteiger partial charge is 0.493 e. The molecular weight excluding hydrogens is 644 g/mol. The maximum atomic E-state index is 12.4. The van der Waals surface area contributed by atoms with Gasteiger partial charge < -0.3 is 33.2 Å². The highest BCUT2D eigenvalue weighted by molar-refractivity contribution is 5.77. The maximum absolute atomic E-state index is 12.4. The fraction of sp³-hybridized carbons (Fsp3) is 0.419. The molecule has 2 aliphatic rings. The fourth-order valence-electron chi connectivity index (χ4n) is 6.78. The van der Waals surface area contributed by atoms with Crippen LogP contribution in [0.15, 0.2) is 66.7 Å². The van der Waals surface area contributed by atoms with Crippen LogP contribution >= 0.6 is 0 Å². The minimum Gasteiger partial charge on any atom is -0.493 e. The van der Waals surface area contributed by atoms with E-state index in [1.54, 1.807) is 0 Å². The van der Waals surface area contributed by atoms with Gasteiger partial charge in [0.05, 0.1) is 52.9 Å². The monoisotopic (exact) mass is 694 g/mol. The second kappa shape index (κ2) is 18.7. The van der Waals surface area contributed by atoms with Gasteiger partial charge in [0, 0.05) is 31.2 Å². The maximum Gasteiger partial charge on any atom is 0.150 e. The van der Waals surface area contributed by atoms with E-state index in [1.165, 1.54) is 0 Å². The van der Waals surface area contributed by atoms with Crippen molar-refractivity contribution in [2.75, 3.05) is 66.1 Å². The Kier molecular flexibility index (Phi) is 13.4. The molecule has 0 saturated carbocycles. The smallest absolute Gasteiger partial charge is 0.150 e. The zero-order chi connectivity index (χ0) is 35.3. The SMILES string of the molecule is CCCOc1c2cccc1Cc1cccc3c1OCCOCCOCCOCCOc1c(cccc1Cc1cc(C=O)cc(c1OCCC)C3)C2. The third-order valence-electron chi connectivity index (χ3n) is 9.05. The van der Waals surface area contributed by atoms with Crippen LogP contribution in [0.3, 0.4) is 0 Å². The van der Waals surface area contributed by atoms with E-state index in [9.17, 15) is 4.79 Å². The Morgan fingerprint density at radius 2 is 0.863 bits per heavy atom. The average molecular weight is 695 g/mol. The summed E-state index contributed by atoms with van der Waals surface area (Å²) in [6, 6.07) is 23.0. The van der Waals surface area contributed by atoms with Crippen LogP contribution in [0.2, 0.25) is 0 Å². The Hall–Kier alpha value is -4.37. The summed E-state index contributed by atoms with van der Waals surface area (Å²) >= 11 is 0. The molecule has 0 atom stereocenters. The molecule has 0 unspecified atom stereocenters. The van der Waals surface area contributed by atoms with Crippen LogP contribution in [0.4, 0.5) is 0 Å². The number of rotatable bonds is 7. The lowest BCUT2D eigenvalue weighted by molar-refractivity contribution is 0.00484. The summed E-state index contributed by atoms with van der Waals surface area (Å²) < 4.78 is 43.8. The second-order valence-corrected chi connectivity index (χ2v) is 12.9. The molecule has 4 aromatic carbocycles. The third kappa shape index (κ3) is 9.50. The number of carbonyl (C=O) groups is 1. The van der Waals surface area contributed by atoms with Crippen LogP contribution in [0.5, 0.6) is 23.0 Å². The molecule has 10 bridgehead atoms. The molecule has 8 heteroatoms. The van der Waals surface area contributed by atoms with Crippen molar-refractivity contribution in [2.45, 2.75) is 52.4 Å². The van der Waals surface area contributed by atoms with Crippen molar-refractivity contribution in [1.29, 1.82) is 0 Å². The first-order valence-corrected chi connectivity index (χ1v) is 18.4. The highest BCUT2D eigenvalue weighted by Gasteiger charge is 2.22. The van der Waals surface area contributed by atoms with Crippen molar-refractivity contribution in [3.05, 3.63) is 117 Å². The molecule has 1 aliphatic carbocycles. The molecule has 4 aromatic rings. The topological polar surface area (TPSA) is 81.7 Å². The number of fused-ring (bicyclic) bond motifs is 2. The van der Waals surface area contributed by atoms with Crippen LogP contribution in [-0.2, 0) is 39.9 Å². The van der Waals surface area contributed by atoms with E-state index in [0.29, 0.717) is 97.3 Å². The number of carbonyl (C=O) groups excluding carboxylic acids is 1. The van der Waals surface area contributed by atoms with Crippen molar-refractivity contribution in [1.82, 2.24) is 0 Å². The Labute approximate surface area is 301 Å². The van der Waals surface area contributed by atoms with Gasteiger partial charge in [-0.25, -0.2) is 0 Å². The summed E-state index contributed by atoms with van der Waals surface area (Å²) in [5, 5.41) is 0. The Balaban J connectivity index is 1.57. The van der Waals surface area contributed by atoms with Crippen LogP contribution in [0.1, 0.15) is 81.6 Å². The van der Waals surface area contributed by atoms with E-state index in [0.717, 1.165) is 86.6 Å². The van der Waals surface area contributed by atoms with Crippen molar-refractivity contribution in [2.24, 2.45) is 0 Å². The summed E-state index contributed by atoms with van der Waals surface area (Å²) in [5.41, 5.74) is 8.80. The van der Waals surface area contributed by atoms with Gasteiger partial charge in [-0.1, -0.05) is 68.4 Å². The van der Waals surface area contributed by atoms with E-state index in [-0.39, 0.29) is 0 Å². The van der Waals surface area contributed by atoms with Gasteiger partial charge in [-0.15, -0.1) is 0 Å². The van der Waals surface area contributed by atoms with E-state index in [2.05, 4.69) is 68.4 Å². The molecule has 0 saturated heterocycles. The van der Waals surface area contributed by atoms with Crippen molar-refractivity contribution in [3.63, 3.8) is 0 Å². The lowest BCUT2D eigenvalue weighted by atomic mass is 9.90. The van der Waals surface area contributed by atoms with E-state index < -0.39 is 0 Å². The normalized spacial score (nSPS) is 15.6. The van der Waals surface area contributed by atoms with Crippen molar-refractivity contribution >= 4 is 6.29 Å². The lowest BCUT2D eigenvalue weighted by Crippen LogP contribution is -2.16. The minimum absolute atomic E-state index is 0.378. The summed E-state index contributed by atoms with van der Waals surface area (Å²) in [6.45, 7) is 8.87. The number of hydrogen-bond donors (Lipinski definition) is 0. The van der Waals surface area contributed by atoms with Gasteiger partial charge in [-0.3, -0.25) is 4.79 Å². The summed E-state index contributed by atoms with van der Waals surface area (Å²) in [5.74, 6) is 3.34. The number of ether oxygens (including phenoxy) is 7. The van der Waals surface area contributed by atoms with Crippen LogP contribution in [0.25, 0.3) is 0 Å². The second-order valence-electron chi connectivity index (χ2n) is 12.9. The molecule has 1 aliphatic heterocycles. The first kappa shape index (κ1) is 36.4. The van der Waals surface area contributed by atoms with Gasteiger partial charge in [0.2, 0.25) is 0 Å². The van der Waals surface area contributed by atoms with E-state index in [1.807, 2.05) is 12.1 Å². The van der Waals surface area contributed by atoms with Crippen molar-refractivity contribution < 1.29 is 38.0 Å². The minimum atomic E-state index is 0.378. The quantitative estimate of drug-likeness (QED) is 0.162. The Bertz CT molecular complexity index is 1640. The summed E-state index contributed by atoms with van der Waals surface area (Å²) in [6.07, 6.45) is 4.94. The van der Waals surface area contributed by atoms with Crippen LogP contribution < -0.4 is 18.9 Å². The van der Waals surface area contributed by atoms with Gasteiger partial charge in [-0.2, -0.15) is 0 Å². The number of aldehydes is 1. The average Bonchev–Trinajstić information content (AvgIpc) is 3.13. The predicted octanol–water partition coefficient (Wildman–Crippen LogP) is 7.57. The first-order valence-electron chi connectivity index (χ1n) is 18.4. The van der Waals surface area contributed by atoms with Crippen molar-refractivity contribution in [3.8, 4) is 23.0 Å². The lowest BCUT2D eigenvalue weighted by Gasteiger charge is -2.23. The molecule has 1 heterocycles. The van der Waals surface area contributed by atoms with E-state index in [4.69, 9.17) is 33.2 Å². The molecule has 270 valence electrons. The molecular formula is C43H50O8. The zero-order valence-corrected chi connectivity index (χ0v) is 30.0. The fourth-order valence-corrected chi connectivity index (χ4v) is 6.78. The molecule has 0 N–H and O–H groups in total. The molecule has 8 nitrogen and oxygen atoms in total. The number of hydrogen-bond acceptors (Lipinski definition) is 8. The van der Waals surface area contributed by atoms with Crippen LogP contribution in [0, 0.1) is 0 Å². The third-order valence-corrected chi connectivity index (χ3v) is 9.05. The molecule has 51 heavy (non-hydrogen) atoms. The van der Waals surface area contributed by atoms with Gasteiger partial charge in [0.1, 0.15) is 42.5 Å². The number of para-hydroxylation sites is 3. The molecule has 0 amide bonds. The van der Waals surface area contributed by atoms with Gasteiger partial charge in [0.25, 0.3) is 0 Å². The predicted molar refractivity (Wildman–Crippen MR) is 197 cm³/mol.